The van der Waals surface area contributed by atoms with E-state index in [0.717, 1.165) is 17.0 Å². The zero-order chi connectivity index (χ0) is 15.9. The third-order valence-corrected chi connectivity index (χ3v) is 3.31. The molecule has 2 N–H and O–H groups in total. The first-order chi connectivity index (χ1) is 10.7. The summed E-state index contributed by atoms with van der Waals surface area (Å²) in [7, 11) is 4.85. The molecule has 0 saturated carbocycles. The van der Waals surface area contributed by atoms with Crippen molar-refractivity contribution < 1.29 is 14.3 Å². The number of methoxy groups -OCH3 is 2. The van der Waals surface area contributed by atoms with Gasteiger partial charge in [0, 0.05) is 19.2 Å². The van der Waals surface area contributed by atoms with Crippen LogP contribution in [0.15, 0.2) is 42.5 Å². The standard InChI is InChI=1S/C17H20N2O3/c1-18-17(20)13-7-8-16(22-3)15(10-13)19-11-12-5-4-6-14(9-12)21-2/h4-10,19H,11H2,1-3H3,(H,18,20). The van der Waals surface area contributed by atoms with Crippen molar-refractivity contribution in [2.24, 2.45) is 0 Å². The van der Waals surface area contributed by atoms with E-state index in [-0.39, 0.29) is 5.91 Å². The lowest BCUT2D eigenvalue weighted by molar-refractivity contribution is 0.0963. The van der Waals surface area contributed by atoms with E-state index in [4.69, 9.17) is 9.47 Å². The molecule has 116 valence electrons. The van der Waals surface area contributed by atoms with E-state index < -0.39 is 0 Å². The number of anilines is 1. The van der Waals surface area contributed by atoms with Crippen molar-refractivity contribution in [3.8, 4) is 11.5 Å². The minimum absolute atomic E-state index is 0.132. The Labute approximate surface area is 130 Å². The molecular formula is C17H20N2O3. The number of carbonyl (C=O) groups excluding carboxylic acids is 1. The number of nitrogens with one attached hydrogen (secondary N) is 2. The average molecular weight is 300 g/mol. The van der Waals surface area contributed by atoms with E-state index in [1.165, 1.54) is 0 Å². The second kappa shape index (κ2) is 7.36. The first-order valence-electron chi connectivity index (χ1n) is 6.95. The Kier molecular flexibility index (Phi) is 5.25. The van der Waals surface area contributed by atoms with E-state index in [1.54, 1.807) is 39.5 Å². The van der Waals surface area contributed by atoms with Crippen LogP contribution in [0.25, 0.3) is 0 Å². The molecule has 2 aromatic rings. The lowest BCUT2D eigenvalue weighted by atomic mass is 10.1. The van der Waals surface area contributed by atoms with Crippen LogP contribution in [-0.2, 0) is 6.54 Å². The van der Waals surface area contributed by atoms with E-state index in [0.29, 0.717) is 17.9 Å². The number of benzene rings is 2. The lowest BCUT2D eigenvalue weighted by Crippen LogP contribution is -2.18. The maximum Gasteiger partial charge on any atom is 0.251 e. The van der Waals surface area contributed by atoms with Crippen LogP contribution < -0.4 is 20.1 Å². The van der Waals surface area contributed by atoms with Gasteiger partial charge in [0.15, 0.2) is 0 Å². The molecule has 0 spiro atoms. The van der Waals surface area contributed by atoms with Crippen molar-refractivity contribution in [3.05, 3.63) is 53.6 Å². The van der Waals surface area contributed by atoms with Crippen molar-refractivity contribution in [3.63, 3.8) is 0 Å². The van der Waals surface area contributed by atoms with E-state index in [2.05, 4.69) is 10.6 Å². The van der Waals surface area contributed by atoms with Gasteiger partial charge in [0.05, 0.1) is 19.9 Å². The Morgan fingerprint density at radius 1 is 1.09 bits per heavy atom. The Morgan fingerprint density at radius 3 is 2.59 bits per heavy atom. The van der Waals surface area contributed by atoms with E-state index in [9.17, 15) is 4.79 Å². The van der Waals surface area contributed by atoms with Gasteiger partial charge < -0.3 is 20.1 Å². The first-order valence-corrected chi connectivity index (χ1v) is 6.95. The molecule has 5 heteroatoms. The molecular weight excluding hydrogens is 280 g/mol. The summed E-state index contributed by atoms with van der Waals surface area (Å²) >= 11 is 0. The Bertz CT molecular complexity index is 656. The predicted molar refractivity (Wildman–Crippen MR) is 86.7 cm³/mol. The largest absolute Gasteiger partial charge is 0.497 e. The van der Waals surface area contributed by atoms with Crippen LogP contribution in [0.5, 0.6) is 11.5 Å². The smallest absolute Gasteiger partial charge is 0.251 e. The highest BCUT2D eigenvalue weighted by molar-refractivity contribution is 5.95. The third kappa shape index (κ3) is 3.69. The monoisotopic (exact) mass is 300 g/mol. The molecule has 0 aliphatic rings. The normalized spacial score (nSPS) is 9.95. The molecule has 0 bridgehead atoms. The highest BCUT2D eigenvalue weighted by Crippen LogP contribution is 2.26. The number of hydrogen-bond donors (Lipinski definition) is 2. The lowest BCUT2D eigenvalue weighted by Gasteiger charge is -2.13. The number of ether oxygens (including phenoxy) is 2. The van der Waals surface area contributed by atoms with Crippen LogP contribution in [0.4, 0.5) is 5.69 Å². The zero-order valence-corrected chi connectivity index (χ0v) is 13.0. The third-order valence-electron chi connectivity index (χ3n) is 3.31. The molecule has 1 amide bonds. The van der Waals surface area contributed by atoms with Crippen molar-refractivity contribution in [2.45, 2.75) is 6.54 Å². The molecule has 2 rings (SSSR count). The topological polar surface area (TPSA) is 59.6 Å². The summed E-state index contributed by atoms with van der Waals surface area (Å²) in [6.07, 6.45) is 0. The fourth-order valence-electron chi connectivity index (χ4n) is 2.11. The minimum atomic E-state index is -0.132. The predicted octanol–water partition coefficient (Wildman–Crippen LogP) is 2.68. The molecule has 0 fully saturated rings. The van der Waals surface area contributed by atoms with Gasteiger partial charge in [0.2, 0.25) is 0 Å². The molecule has 0 atom stereocenters. The van der Waals surface area contributed by atoms with Gasteiger partial charge >= 0.3 is 0 Å². The summed E-state index contributed by atoms with van der Waals surface area (Å²) in [4.78, 5) is 11.7. The van der Waals surface area contributed by atoms with Gasteiger partial charge in [-0.2, -0.15) is 0 Å². The average Bonchev–Trinajstić information content (AvgIpc) is 2.59. The zero-order valence-electron chi connectivity index (χ0n) is 13.0. The molecule has 0 aliphatic heterocycles. The van der Waals surface area contributed by atoms with Crippen molar-refractivity contribution in [2.75, 3.05) is 26.6 Å². The molecule has 2 aromatic carbocycles. The van der Waals surface area contributed by atoms with E-state index in [1.807, 2.05) is 24.3 Å². The molecule has 0 aromatic heterocycles. The van der Waals surface area contributed by atoms with Crippen molar-refractivity contribution in [1.29, 1.82) is 0 Å². The minimum Gasteiger partial charge on any atom is -0.497 e. The van der Waals surface area contributed by atoms with Gasteiger partial charge in [-0.15, -0.1) is 0 Å². The summed E-state index contributed by atoms with van der Waals surface area (Å²) in [5, 5.41) is 5.90. The number of rotatable bonds is 6. The van der Waals surface area contributed by atoms with Gasteiger partial charge in [-0.1, -0.05) is 12.1 Å². The second-order valence-corrected chi connectivity index (χ2v) is 4.70. The molecule has 0 radical (unpaired) electrons. The van der Waals surface area contributed by atoms with E-state index >= 15 is 0 Å². The second-order valence-electron chi connectivity index (χ2n) is 4.70. The van der Waals surface area contributed by atoms with Crippen LogP contribution in [0.3, 0.4) is 0 Å². The van der Waals surface area contributed by atoms with Gasteiger partial charge in [-0.05, 0) is 35.9 Å². The summed E-state index contributed by atoms with van der Waals surface area (Å²) < 4.78 is 10.5. The highest BCUT2D eigenvalue weighted by atomic mass is 16.5. The first kappa shape index (κ1) is 15.7. The number of hydrogen-bond acceptors (Lipinski definition) is 4. The van der Waals surface area contributed by atoms with Crippen LogP contribution in [0.1, 0.15) is 15.9 Å². The Hall–Kier alpha value is -2.69. The molecule has 0 unspecified atom stereocenters. The molecule has 22 heavy (non-hydrogen) atoms. The van der Waals surface area contributed by atoms with Gasteiger partial charge in [0.25, 0.3) is 5.91 Å². The van der Waals surface area contributed by atoms with Crippen molar-refractivity contribution in [1.82, 2.24) is 5.32 Å². The molecule has 0 heterocycles. The SMILES string of the molecule is CNC(=O)c1ccc(OC)c(NCc2cccc(OC)c2)c1. The summed E-state index contributed by atoms with van der Waals surface area (Å²) in [6, 6.07) is 13.1. The summed E-state index contributed by atoms with van der Waals surface area (Å²) in [5.41, 5.74) is 2.43. The van der Waals surface area contributed by atoms with Crippen molar-refractivity contribution >= 4 is 11.6 Å². The highest BCUT2D eigenvalue weighted by Gasteiger charge is 2.09. The van der Waals surface area contributed by atoms with Crippen LogP contribution in [-0.4, -0.2) is 27.2 Å². The van der Waals surface area contributed by atoms with Crippen LogP contribution >= 0.6 is 0 Å². The Balaban J connectivity index is 2.18. The van der Waals surface area contributed by atoms with Gasteiger partial charge in [0.1, 0.15) is 11.5 Å². The molecule has 0 saturated heterocycles. The summed E-state index contributed by atoms with van der Waals surface area (Å²) in [6.45, 7) is 0.602. The molecule has 5 nitrogen and oxygen atoms in total. The number of carbonyl (C=O) groups is 1. The van der Waals surface area contributed by atoms with Crippen LogP contribution in [0, 0.1) is 0 Å². The fourth-order valence-corrected chi connectivity index (χ4v) is 2.11. The fraction of sp³-hybridized carbons (Fsp3) is 0.235. The quantitative estimate of drug-likeness (QED) is 0.861. The maximum absolute atomic E-state index is 11.7. The van der Waals surface area contributed by atoms with Gasteiger partial charge in [-0.25, -0.2) is 0 Å². The maximum atomic E-state index is 11.7. The number of amides is 1. The Morgan fingerprint density at radius 2 is 1.91 bits per heavy atom. The molecule has 0 aliphatic carbocycles. The van der Waals surface area contributed by atoms with Crippen LogP contribution in [0.2, 0.25) is 0 Å². The van der Waals surface area contributed by atoms with Gasteiger partial charge in [-0.3, -0.25) is 4.79 Å². The summed E-state index contributed by atoms with van der Waals surface area (Å²) in [5.74, 6) is 1.37.